The van der Waals surface area contributed by atoms with Gasteiger partial charge in [0.2, 0.25) is 0 Å². The van der Waals surface area contributed by atoms with Gasteiger partial charge in [0.15, 0.2) is 5.54 Å². The van der Waals surface area contributed by atoms with Crippen LogP contribution in [0.5, 0.6) is 0 Å². The smallest absolute Gasteiger partial charge is 0.315 e. The molecule has 2 aromatic carbocycles. The molecule has 2 aromatic rings. The summed E-state index contributed by atoms with van der Waals surface area (Å²) in [6.45, 7) is 0. The Kier molecular flexibility index (Phi) is 4.44. The number of alkyl halides is 5. The molecule has 0 atom stereocenters. The lowest BCUT2D eigenvalue weighted by Crippen LogP contribution is -2.54. The number of carbonyl (C=O) groups excluding carboxylic acids is 3. The summed E-state index contributed by atoms with van der Waals surface area (Å²) in [6, 6.07) is 12.9. The molecule has 10 heteroatoms. The number of urea groups is 1. The molecular weight excluding hydrogens is 387 g/mol. The third-order valence-electron chi connectivity index (χ3n) is 4.26. The van der Waals surface area contributed by atoms with Crippen molar-refractivity contribution >= 4 is 17.8 Å². The maximum absolute atomic E-state index is 13.5. The van der Waals surface area contributed by atoms with Crippen LogP contribution < -0.4 is 5.32 Å². The molecule has 0 radical (unpaired) electrons. The zero-order valence-corrected chi connectivity index (χ0v) is 13.8. The number of hydrogen-bond acceptors (Lipinski definition) is 3. The fraction of sp³-hybridized carbons (Fsp3) is 0.167. The third kappa shape index (κ3) is 2.72. The van der Waals surface area contributed by atoms with Crippen LogP contribution in [-0.4, -0.2) is 34.8 Å². The van der Waals surface area contributed by atoms with E-state index in [-0.39, 0.29) is 11.1 Å². The Morgan fingerprint density at radius 3 is 1.64 bits per heavy atom. The molecule has 0 bridgehead atoms. The Bertz CT molecular complexity index is 890. The Hall–Kier alpha value is -3.30. The van der Waals surface area contributed by atoms with Crippen LogP contribution in [0.4, 0.5) is 26.7 Å². The maximum Gasteiger partial charge on any atom is 0.463 e. The number of hydrogen-bond donors (Lipinski definition) is 1. The van der Waals surface area contributed by atoms with Gasteiger partial charge in [-0.25, -0.2) is 4.79 Å². The fourth-order valence-corrected chi connectivity index (χ4v) is 2.91. The number of carbonyl (C=O) groups is 3. The average molecular weight is 398 g/mol. The number of amides is 4. The lowest BCUT2D eigenvalue weighted by atomic mass is 9.82. The van der Waals surface area contributed by atoms with Crippen LogP contribution >= 0.6 is 0 Å². The first kappa shape index (κ1) is 19.5. The van der Waals surface area contributed by atoms with Crippen molar-refractivity contribution in [2.24, 2.45) is 0 Å². The maximum atomic E-state index is 13.5. The van der Waals surface area contributed by atoms with Gasteiger partial charge < -0.3 is 5.32 Å². The Labute approximate surface area is 154 Å². The summed E-state index contributed by atoms with van der Waals surface area (Å²) in [4.78, 5) is 36.4. The minimum Gasteiger partial charge on any atom is -0.315 e. The molecule has 1 saturated heterocycles. The molecular formula is C18H11F5N2O3. The van der Waals surface area contributed by atoms with E-state index in [1.165, 1.54) is 48.5 Å². The molecule has 0 aliphatic carbocycles. The molecule has 1 fully saturated rings. The normalized spacial score (nSPS) is 16.8. The van der Waals surface area contributed by atoms with Gasteiger partial charge in [-0.05, 0) is 11.1 Å². The fourth-order valence-electron chi connectivity index (χ4n) is 2.91. The number of benzene rings is 2. The minimum atomic E-state index is -6.27. The molecule has 28 heavy (non-hydrogen) atoms. The summed E-state index contributed by atoms with van der Waals surface area (Å²) in [5, 5.41) is 2.12. The molecule has 1 heterocycles. The molecule has 0 aromatic heterocycles. The van der Waals surface area contributed by atoms with Crippen LogP contribution in [0.25, 0.3) is 0 Å². The van der Waals surface area contributed by atoms with Crippen LogP contribution in [0.1, 0.15) is 11.1 Å². The summed E-state index contributed by atoms with van der Waals surface area (Å²) in [5.41, 5.74) is -1.95. The van der Waals surface area contributed by atoms with E-state index in [1.54, 1.807) is 12.1 Å². The standard InChI is InChI=1S/C18H11F5N2O3/c19-17(20,18(21,22)23)14(27)25-13(26)16(24-15(25)28,11-7-3-1-4-8-11)12-9-5-2-6-10-12/h1-10H,(H,24,28). The summed E-state index contributed by atoms with van der Waals surface area (Å²) in [5.74, 6) is -10.4. The second-order valence-electron chi connectivity index (χ2n) is 5.93. The quantitative estimate of drug-likeness (QED) is 0.638. The molecule has 1 aliphatic heterocycles. The van der Waals surface area contributed by atoms with Crippen molar-refractivity contribution in [3.8, 4) is 0 Å². The molecule has 1 N–H and O–H groups in total. The van der Waals surface area contributed by atoms with Crippen molar-refractivity contribution in [2.45, 2.75) is 17.6 Å². The number of nitrogens with one attached hydrogen (secondary N) is 1. The average Bonchev–Trinajstić information content (AvgIpc) is 2.93. The summed E-state index contributed by atoms with van der Waals surface area (Å²) >= 11 is 0. The van der Waals surface area contributed by atoms with Crippen LogP contribution in [0, 0.1) is 0 Å². The van der Waals surface area contributed by atoms with Crippen molar-refractivity contribution in [3.05, 3.63) is 71.8 Å². The van der Waals surface area contributed by atoms with Crippen molar-refractivity contribution in [1.82, 2.24) is 10.2 Å². The predicted octanol–water partition coefficient (Wildman–Crippen LogP) is 3.21. The highest BCUT2D eigenvalue weighted by Crippen LogP contribution is 2.41. The number of nitrogens with zero attached hydrogens (tertiary/aromatic N) is 1. The van der Waals surface area contributed by atoms with Crippen molar-refractivity contribution in [1.29, 1.82) is 0 Å². The monoisotopic (exact) mass is 398 g/mol. The highest BCUT2D eigenvalue weighted by atomic mass is 19.4. The van der Waals surface area contributed by atoms with Gasteiger partial charge in [-0.1, -0.05) is 60.7 Å². The van der Waals surface area contributed by atoms with E-state index in [9.17, 15) is 36.3 Å². The van der Waals surface area contributed by atoms with Crippen LogP contribution in [0.2, 0.25) is 0 Å². The van der Waals surface area contributed by atoms with Crippen molar-refractivity contribution < 1.29 is 36.3 Å². The topological polar surface area (TPSA) is 66.5 Å². The van der Waals surface area contributed by atoms with E-state index in [1.807, 2.05) is 0 Å². The Morgan fingerprint density at radius 2 is 1.25 bits per heavy atom. The van der Waals surface area contributed by atoms with Gasteiger partial charge in [-0.2, -0.15) is 26.9 Å². The van der Waals surface area contributed by atoms with E-state index < -0.39 is 40.4 Å². The van der Waals surface area contributed by atoms with Gasteiger partial charge in [-0.15, -0.1) is 0 Å². The number of halogens is 5. The first-order valence-corrected chi connectivity index (χ1v) is 7.80. The Balaban J connectivity index is 2.17. The van der Waals surface area contributed by atoms with Crippen LogP contribution in [0.15, 0.2) is 60.7 Å². The van der Waals surface area contributed by atoms with Gasteiger partial charge in [0.1, 0.15) is 0 Å². The summed E-state index contributed by atoms with van der Waals surface area (Å²) < 4.78 is 64.8. The van der Waals surface area contributed by atoms with E-state index in [0.717, 1.165) is 0 Å². The van der Waals surface area contributed by atoms with Crippen LogP contribution in [-0.2, 0) is 15.1 Å². The lowest BCUT2D eigenvalue weighted by Gasteiger charge is -2.28. The molecule has 4 amide bonds. The SMILES string of the molecule is O=C1NC(c2ccccc2)(c2ccccc2)C(=O)N1C(=O)C(F)(F)C(F)(F)F. The van der Waals surface area contributed by atoms with E-state index in [2.05, 4.69) is 5.32 Å². The first-order chi connectivity index (χ1) is 13.0. The van der Waals surface area contributed by atoms with Crippen LogP contribution in [0.3, 0.4) is 0 Å². The first-order valence-electron chi connectivity index (χ1n) is 7.80. The summed E-state index contributed by atoms with van der Waals surface area (Å²) in [7, 11) is 0. The molecule has 146 valence electrons. The molecule has 5 nitrogen and oxygen atoms in total. The highest BCUT2D eigenvalue weighted by Gasteiger charge is 2.69. The third-order valence-corrected chi connectivity index (χ3v) is 4.26. The number of imide groups is 3. The minimum absolute atomic E-state index is 0.0881. The van der Waals surface area contributed by atoms with E-state index in [4.69, 9.17) is 0 Å². The predicted molar refractivity (Wildman–Crippen MR) is 85.1 cm³/mol. The van der Waals surface area contributed by atoms with E-state index >= 15 is 0 Å². The van der Waals surface area contributed by atoms with Crippen molar-refractivity contribution in [3.63, 3.8) is 0 Å². The van der Waals surface area contributed by atoms with Gasteiger partial charge >= 0.3 is 24.0 Å². The van der Waals surface area contributed by atoms with Gasteiger partial charge in [0, 0.05) is 0 Å². The summed E-state index contributed by atoms with van der Waals surface area (Å²) in [6.07, 6.45) is -6.27. The molecule has 0 saturated carbocycles. The molecule has 1 aliphatic rings. The Morgan fingerprint density at radius 1 is 0.821 bits per heavy atom. The zero-order valence-electron chi connectivity index (χ0n) is 13.8. The highest BCUT2D eigenvalue weighted by molar-refractivity contribution is 6.21. The number of rotatable bonds is 3. The largest absolute Gasteiger partial charge is 0.463 e. The second-order valence-corrected chi connectivity index (χ2v) is 5.93. The zero-order chi connectivity index (χ0) is 20.7. The van der Waals surface area contributed by atoms with E-state index in [0.29, 0.717) is 0 Å². The molecule has 0 unspecified atom stereocenters. The van der Waals surface area contributed by atoms with Gasteiger partial charge in [0.05, 0.1) is 0 Å². The van der Waals surface area contributed by atoms with Gasteiger partial charge in [0.25, 0.3) is 5.91 Å². The molecule has 3 rings (SSSR count). The van der Waals surface area contributed by atoms with Crippen molar-refractivity contribution in [2.75, 3.05) is 0 Å². The molecule has 0 spiro atoms. The lowest BCUT2D eigenvalue weighted by molar-refractivity contribution is -0.272. The second kappa shape index (κ2) is 6.39. The van der Waals surface area contributed by atoms with Gasteiger partial charge in [-0.3, -0.25) is 9.59 Å².